The smallest absolute Gasteiger partial charge is 0.386 e. The van der Waals surface area contributed by atoms with Crippen molar-refractivity contribution in [3.63, 3.8) is 0 Å². The minimum absolute atomic E-state index is 0.142. The number of rotatable bonds is 6. The minimum atomic E-state index is -4.64. The molecule has 1 saturated carbocycles. The fraction of sp³-hybridized carbons (Fsp3) is 0.357. The van der Waals surface area contributed by atoms with E-state index in [4.69, 9.17) is 0 Å². The quantitative estimate of drug-likeness (QED) is 0.244. The number of pyridine rings is 1. The van der Waals surface area contributed by atoms with Crippen molar-refractivity contribution >= 4 is 17.8 Å². The van der Waals surface area contributed by atoms with Crippen LogP contribution in [-0.4, -0.2) is 46.3 Å². The molecule has 0 spiro atoms. The average molecular weight is 625 g/mol. The topological polar surface area (TPSA) is 81.7 Å². The summed E-state index contributed by atoms with van der Waals surface area (Å²) in [5.74, 6) is -0.409. The summed E-state index contributed by atoms with van der Waals surface area (Å²) >= 11 is 1.21. The van der Waals surface area contributed by atoms with Gasteiger partial charge in [0.05, 0.1) is 35.0 Å². The van der Waals surface area contributed by atoms with Gasteiger partial charge in [0, 0.05) is 16.9 Å². The van der Waals surface area contributed by atoms with Crippen molar-refractivity contribution in [3.8, 4) is 5.69 Å². The Morgan fingerprint density at radius 1 is 1.05 bits per heavy atom. The number of hydrogen-bond acceptors (Lipinski definition) is 6. The number of thioether (sulfide) groups is 1. The Labute approximate surface area is 244 Å². The van der Waals surface area contributed by atoms with Gasteiger partial charge in [0.25, 0.3) is 0 Å². The number of nitrogens with zero attached hydrogens (tertiary/aromatic N) is 6. The molecule has 0 bridgehead atoms. The SMILES string of the molecule is OC(c1cc(C(F)(F)F)ccn1)[C@]12Cc3cnn(-c4ccc(F)cc4)c3C=C1CC[C@H](Sc1cnn(CC(F)(F)F)n1)C2. The molecular weight excluding hydrogens is 601 g/mol. The third kappa shape index (κ3) is 5.92. The van der Waals surface area contributed by atoms with Crippen LogP contribution in [0.1, 0.15) is 47.9 Å². The molecule has 43 heavy (non-hydrogen) atoms. The highest BCUT2D eigenvalue weighted by molar-refractivity contribution is 7.99. The van der Waals surface area contributed by atoms with Gasteiger partial charge in [-0.3, -0.25) is 4.98 Å². The number of alkyl halides is 6. The fourth-order valence-corrected chi connectivity index (χ4v) is 7.07. The Bertz CT molecular complexity index is 1660. The third-order valence-corrected chi connectivity index (χ3v) is 8.94. The molecule has 15 heteroatoms. The summed E-state index contributed by atoms with van der Waals surface area (Å²) in [6.45, 7) is -1.34. The molecule has 226 valence electrons. The van der Waals surface area contributed by atoms with E-state index in [0.29, 0.717) is 29.0 Å². The van der Waals surface area contributed by atoms with Gasteiger partial charge >= 0.3 is 12.4 Å². The van der Waals surface area contributed by atoms with Crippen LogP contribution in [0.4, 0.5) is 30.7 Å². The molecule has 3 atom stereocenters. The Kier molecular flexibility index (Phi) is 7.35. The Balaban J connectivity index is 1.36. The van der Waals surface area contributed by atoms with E-state index >= 15 is 0 Å². The molecule has 0 saturated heterocycles. The highest BCUT2D eigenvalue weighted by Gasteiger charge is 2.50. The number of aliphatic hydroxyl groups is 1. The summed E-state index contributed by atoms with van der Waals surface area (Å²) in [7, 11) is 0. The minimum Gasteiger partial charge on any atom is -0.386 e. The van der Waals surface area contributed by atoms with E-state index in [1.165, 1.54) is 30.1 Å². The summed E-state index contributed by atoms with van der Waals surface area (Å²) in [5, 5.41) is 23.9. The van der Waals surface area contributed by atoms with Crippen LogP contribution >= 0.6 is 11.8 Å². The van der Waals surface area contributed by atoms with Crippen LogP contribution in [0.15, 0.2) is 65.6 Å². The number of aromatic nitrogens is 6. The van der Waals surface area contributed by atoms with Crippen LogP contribution < -0.4 is 0 Å². The molecule has 1 fully saturated rings. The predicted molar refractivity (Wildman–Crippen MR) is 141 cm³/mol. The van der Waals surface area contributed by atoms with Gasteiger partial charge < -0.3 is 5.11 Å². The summed E-state index contributed by atoms with van der Waals surface area (Å²) in [6.07, 6.45) is -3.35. The summed E-state index contributed by atoms with van der Waals surface area (Å²) in [6, 6.07) is 7.43. The molecule has 3 aromatic heterocycles. The molecule has 2 aliphatic carbocycles. The van der Waals surface area contributed by atoms with E-state index in [9.17, 15) is 35.8 Å². The van der Waals surface area contributed by atoms with Gasteiger partial charge in [-0.1, -0.05) is 17.3 Å². The van der Waals surface area contributed by atoms with Crippen molar-refractivity contribution < 1.29 is 35.8 Å². The standard InChI is InChI=1S/C28H23F7N6OS/c29-19-2-4-20(5-3-19)41-23-10-17-1-6-21(43-24-14-37-40(39-24)15-27(30,31)32)12-26(17,11-16(23)13-38-41)25(42)22-9-18(7-8-36-22)28(33,34)35/h2-5,7-10,13-14,21,25,42H,1,6,11-12,15H2/t21-,25?,26-/m0/s1. The fourth-order valence-electron chi connectivity index (χ4n) is 5.87. The van der Waals surface area contributed by atoms with E-state index in [1.807, 2.05) is 6.08 Å². The van der Waals surface area contributed by atoms with E-state index in [1.54, 1.807) is 23.0 Å². The van der Waals surface area contributed by atoms with E-state index in [-0.39, 0.29) is 28.8 Å². The first kappa shape index (κ1) is 29.4. The number of benzene rings is 1. The zero-order valence-electron chi connectivity index (χ0n) is 22.1. The predicted octanol–water partition coefficient (Wildman–Crippen LogP) is 6.58. The zero-order valence-corrected chi connectivity index (χ0v) is 23.0. The number of aliphatic hydroxyl groups excluding tert-OH is 1. The maximum Gasteiger partial charge on any atom is 0.416 e. The van der Waals surface area contributed by atoms with Crippen molar-refractivity contribution in [2.75, 3.05) is 0 Å². The summed E-state index contributed by atoms with van der Waals surface area (Å²) in [4.78, 5) is 4.66. The van der Waals surface area contributed by atoms with Gasteiger partial charge in [-0.2, -0.15) is 41.3 Å². The van der Waals surface area contributed by atoms with Crippen molar-refractivity contribution in [2.24, 2.45) is 5.41 Å². The number of fused-ring (bicyclic) bond motifs is 2. The maximum atomic E-state index is 13.6. The lowest BCUT2D eigenvalue weighted by atomic mass is 9.60. The monoisotopic (exact) mass is 624 g/mol. The molecule has 1 unspecified atom stereocenters. The normalized spacial score (nSPS) is 21.2. The van der Waals surface area contributed by atoms with Crippen LogP contribution in [0.25, 0.3) is 11.8 Å². The molecule has 0 amide bonds. The van der Waals surface area contributed by atoms with Crippen LogP contribution in [0.2, 0.25) is 0 Å². The van der Waals surface area contributed by atoms with Crippen LogP contribution in [0.3, 0.4) is 0 Å². The Hall–Kier alpha value is -3.72. The van der Waals surface area contributed by atoms with E-state index in [2.05, 4.69) is 20.3 Å². The van der Waals surface area contributed by atoms with Crippen molar-refractivity contribution in [2.45, 2.75) is 61.0 Å². The molecule has 1 aromatic carbocycles. The summed E-state index contributed by atoms with van der Waals surface area (Å²) in [5.41, 5.74) is 0.660. The van der Waals surface area contributed by atoms with Gasteiger partial charge in [0.2, 0.25) is 0 Å². The first-order chi connectivity index (χ1) is 20.3. The molecule has 3 heterocycles. The number of hydrogen-bond donors (Lipinski definition) is 1. The lowest BCUT2D eigenvalue weighted by Crippen LogP contribution is -2.41. The number of halogens is 7. The van der Waals surface area contributed by atoms with E-state index in [0.717, 1.165) is 29.5 Å². The second-order valence-corrected chi connectivity index (χ2v) is 11.9. The molecule has 6 rings (SSSR count). The lowest BCUT2D eigenvalue weighted by molar-refractivity contribution is -0.145. The van der Waals surface area contributed by atoms with Crippen LogP contribution in [0, 0.1) is 11.2 Å². The largest absolute Gasteiger partial charge is 0.416 e. The maximum absolute atomic E-state index is 13.6. The van der Waals surface area contributed by atoms with Crippen LogP contribution in [-0.2, 0) is 19.1 Å². The Morgan fingerprint density at radius 3 is 2.53 bits per heavy atom. The summed E-state index contributed by atoms with van der Waals surface area (Å²) < 4.78 is 94.3. The van der Waals surface area contributed by atoms with Crippen molar-refractivity contribution in [1.82, 2.24) is 29.8 Å². The van der Waals surface area contributed by atoms with Gasteiger partial charge in [0.15, 0.2) is 6.54 Å². The van der Waals surface area contributed by atoms with Crippen molar-refractivity contribution in [3.05, 3.63) is 88.9 Å². The second-order valence-electron chi connectivity index (χ2n) is 10.6. The molecule has 1 N–H and O–H groups in total. The molecular formula is C28H23F7N6OS. The average Bonchev–Trinajstić information content (AvgIpc) is 3.56. The third-order valence-electron chi connectivity index (χ3n) is 7.78. The van der Waals surface area contributed by atoms with Gasteiger partial charge in [-0.15, -0.1) is 5.10 Å². The van der Waals surface area contributed by atoms with Gasteiger partial charge in [-0.25, -0.2) is 9.07 Å². The molecule has 2 aliphatic rings. The van der Waals surface area contributed by atoms with Gasteiger partial charge in [-0.05, 0) is 73.7 Å². The molecule has 0 radical (unpaired) electrons. The molecule has 0 aliphatic heterocycles. The van der Waals surface area contributed by atoms with Crippen LogP contribution in [0.5, 0.6) is 0 Å². The highest BCUT2D eigenvalue weighted by atomic mass is 32.2. The molecule has 7 nitrogen and oxygen atoms in total. The second kappa shape index (κ2) is 10.8. The van der Waals surface area contributed by atoms with Gasteiger partial charge in [0.1, 0.15) is 16.9 Å². The first-order valence-electron chi connectivity index (χ1n) is 13.2. The molecule has 4 aromatic rings. The lowest BCUT2D eigenvalue weighted by Gasteiger charge is -2.47. The first-order valence-corrected chi connectivity index (χ1v) is 14.1. The Morgan fingerprint density at radius 2 is 1.81 bits per heavy atom. The van der Waals surface area contributed by atoms with E-state index < -0.39 is 41.8 Å². The zero-order chi connectivity index (χ0) is 30.6. The van der Waals surface area contributed by atoms with Crippen molar-refractivity contribution in [1.29, 1.82) is 0 Å². The highest BCUT2D eigenvalue weighted by Crippen LogP contribution is 2.57.